The van der Waals surface area contributed by atoms with Crippen LogP contribution in [0.1, 0.15) is 11.1 Å². The summed E-state index contributed by atoms with van der Waals surface area (Å²) in [6, 6.07) is 1.84. The largest absolute Gasteiger partial charge is 0.389 e. The highest BCUT2D eigenvalue weighted by Gasteiger charge is 2.09. The van der Waals surface area contributed by atoms with Crippen molar-refractivity contribution in [2.45, 2.75) is 6.92 Å². The summed E-state index contributed by atoms with van der Waals surface area (Å²) >= 11 is 4.98. The lowest BCUT2D eigenvalue weighted by Gasteiger charge is -2.12. The SMILES string of the molecule is Cc1ccnc(NCCOCC(N)=O)c1C(N)=S. The number of anilines is 1. The predicted octanol–water partition coefficient (Wildman–Crippen LogP) is -0.0620. The van der Waals surface area contributed by atoms with E-state index < -0.39 is 5.91 Å². The molecule has 0 bridgehead atoms. The average Bonchev–Trinajstić information content (AvgIpc) is 2.27. The Hall–Kier alpha value is -1.73. The fourth-order valence-corrected chi connectivity index (χ4v) is 1.68. The second kappa shape index (κ2) is 6.87. The van der Waals surface area contributed by atoms with Gasteiger partial charge in [0.25, 0.3) is 0 Å². The Labute approximate surface area is 111 Å². The summed E-state index contributed by atoms with van der Waals surface area (Å²) in [4.78, 5) is 14.9. The van der Waals surface area contributed by atoms with Gasteiger partial charge in [0.1, 0.15) is 17.4 Å². The van der Waals surface area contributed by atoms with E-state index in [4.69, 9.17) is 28.4 Å². The molecule has 0 aliphatic heterocycles. The molecule has 0 spiro atoms. The summed E-state index contributed by atoms with van der Waals surface area (Å²) in [5, 5.41) is 3.05. The van der Waals surface area contributed by atoms with E-state index in [2.05, 4.69) is 10.3 Å². The number of aryl methyl sites for hydroxylation is 1. The molecule has 0 aliphatic carbocycles. The quantitative estimate of drug-likeness (QED) is 0.473. The predicted molar refractivity (Wildman–Crippen MR) is 73.4 cm³/mol. The minimum atomic E-state index is -0.493. The number of carbonyl (C=O) groups excluding carboxylic acids is 1. The Balaban J connectivity index is 2.54. The average molecular weight is 268 g/mol. The number of ether oxygens (including phenoxy) is 1. The number of rotatable bonds is 7. The van der Waals surface area contributed by atoms with Crippen LogP contribution in [-0.4, -0.2) is 35.6 Å². The van der Waals surface area contributed by atoms with Gasteiger partial charge in [-0.05, 0) is 18.6 Å². The Bertz CT molecular complexity index is 451. The molecule has 0 saturated heterocycles. The second-order valence-electron chi connectivity index (χ2n) is 3.66. The van der Waals surface area contributed by atoms with Crippen molar-refractivity contribution in [2.75, 3.05) is 25.1 Å². The summed E-state index contributed by atoms with van der Waals surface area (Å²) < 4.78 is 5.02. The van der Waals surface area contributed by atoms with Crippen LogP contribution < -0.4 is 16.8 Å². The van der Waals surface area contributed by atoms with E-state index >= 15 is 0 Å². The van der Waals surface area contributed by atoms with Gasteiger partial charge in [0, 0.05) is 12.7 Å². The first-order chi connectivity index (χ1) is 8.52. The molecule has 0 atom stereocenters. The van der Waals surface area contributed by atoms with E-state index in [9.17, 15) is 4.79 Å². The molecule has 0 fully saturated rings. The molecule has 98 valence electrons. The Morgan fingerprint density at radius 3 is 2.89 bits per heavy atom. The van der Waals surface area contributed by atoms with E-state index in [0.29, 0.717) is 24.0 Å². The number of pyridine rings is 1. The number of hydrogen-bond donors (Lipinski definition) is 3. The fraction of sp³-hybridized carbons (Fsp3) is 0.364. The number of primary amides is 1. The maximum absolute atomic E-state index is 10.5. The molecule has 0 saturated carbocycles. The summed E-state index contributed by atoms with van der Waals surface area (Å²) in [5.74, 6) is 0.123. The lowest BCUT2D eigenvalue weighted by atomic mass is 10.1. The minimum absolute atomic E-state index is 0.0922. The van der Waals surface area contributed by atoms with E-state index in [1.54, 1.807) is 6.20 Å². The monoisotopic (exact) mass is 268 g/mol. The summed E-state index contributed by atoms with van der Waals surface area (Å²) in [6.07, 6.45) is 1.67. The van der Waals surface area contributed by atoms with Crippen molar-refractivity contribution in [3.05, 3.63) is 23.4 Å². The van der Waals surface area contributed by atoms with Crippen LogP contribution in [0.4, 0.5) is 5.82 Å². The highest BCUT2D eigenvalue weighted by Crippen LogP contribution is 2.15. The molecule has 7 heteroatoms. The highest BCUT2D eigenvalue weighted by molar-refractivity contribution is 7.80. The van der Waals surface area contributed by atoms with Crippen molar-refractivity contribution >= 4 is 28.9 Å². The maximum atomic E-state index is 10.5. The van der Waals surface area contributed by atoms with Gasteiger partial charge in [-0.15, -0.1) is 0 Å². The van der Waals surface area contributed by atoms with Gasteiger partial charge in [-0.25, -0.2) is 4.98 Å². The Morgan fingerprint density at radius 1 is 1.56 bits per heavy atom. The first-order valence-electron chi connectivity index (χ1n) is 5.37. The summed E-state index contributed by atoms with van der Waals surface area (Å²) in [5.41, 5.74) is 12.3. The van der Waals surface area contributed by atoms with Crippen molar-refractivity contribution < 1.29 is 9.53 Å². The first-order valence-corrected chi connectivity index (χ1v) is 5.78. The number of hydrogen-bond acceptors (Lipinski definition) is 5. The van der Waals surface area contributed by atoms with Crippen LogP contribution in [0.2, 0.25) is 0 Å². The fourth-order valence-electron chi connectivity index (χ4n) is 1.42. The van der Waals surface area contributed by atoms with E-state index in [-0.39, 0.29) is 6.61 Å². The molecular formula is C11H16N4O2S. The van der Waals surface area contributed by atoms with Crippen molar-refractivity contribution in [1.82, 2.24) is 4.98 Å². The van der Waals surface area contributed by atoms with Gasteiger partial charge in [-0.2, -0.15) is 0 Å². The third-order valence-electron chi connectivity index (χ3n) is 2.19. The molecule has 5 N–H and O–H groups in total. The molecule has 1 heterocycles. The molecule has 0 unspecified atom stereocenters. The van der Waals surface area contributed by atoms with Crippen LogP contribution in [-0.2, 0) is 9.53 Å². The van der Waals surface area contributed by atoms with Crippen LogP contribution in [0, 0.1) is 6.92 Å². The Kier molecular flexibility index (Phi) is 5.47. The molecule has 0 radical (unpaired) electrons. The van der Waals surface area contributed by atoms with Gasteiger partial charge in [-0.1, -0.05) is 12.2 Å². The van der Waals surface area contributed by atoms with Gasteiger partial charge < -0.3 is 21.5 Å². The van der Waals surface area contributed by atoms with Crippen LogP contribution in [0.25, 0.3) is 0 Å². The molecular weight excluding hydrogens is 252 g/mol. The van der Waals surface area contributed by atoms with Crippen molar-refractivity contribution in [2.24, 2.45) is 11.5 Å². The zero-order valence-corrected chi connectivity index (χ0v) is 10.9. The zero-order chi connectivity index (χ0) is 13.5. The number of thiocarbonyl (C=S) groups is 1. The zero-order valence-electron chi connectivity index (χ0n) is 10.1. The second-order valence-corrected chi connectivity index (χ2v) is 4.10. The van der Waals surface area contributed by atoms with Crippen LogP contribution in [0.3, 0.4) is 0 Å². The molecule has 1 aromatic rings. The number of nitrogens with one attached hydrogen (secondary N) is 1. The number of amides is 1. The van der Waals surface area contributed by atoms with Crippen LogP contribution in [0.15, 0.2) is 12.3 Å². The lowest BCUT2D eigenvalue weighted by molar-refractivity contribution is -0.122. The van der Waals surface area contributed by atoms with Gasteiger partial charge >= 0.3 is 0 Å². The maximum Gasteiger partial charge on any atom is 0.243 e. The summed E-state index contributed by atoms with van der Waals surface area (Å²) in [6.45, 7) is 2.64. The normalized spacial score (nSPS) is 10.1. The number of nitrogens with two attached hydrogens (primary N) is 2. The van der Waals surface area contributed by atoms with Crippen LogP contribution in [0.5, 0.6) is 0 Å². The number of aromatic nitrogens is 1. The van der Waals surface area contributed by atoms with Crippen molar-refractivity contribution in [3.8, 4) is 0 Å². The molecule has 1 aromatic heterocycles. The molecule has 1 amide bonds. The van der Waals surface area contributed by atoms with Crippen molar-refractivity contribution in [1.29, 1.82) is 0 Å². The van der Waals surface area contributed by atoms with Crippen LogP contribution >= 0.6 is 12.2 Å². The number of nitrogens with zero attached hydrogens (tertiary/aromatic N) is 1. The lowest BCUT2D eigenvalue weighted by Crippen LogP contribution is -2.22. The smallest absolute Gasteiger partial charge is 0.243 e. The number of carbonyl (C=O) groups is 1. The van der Waals surface area contributed by atoms with Gasteiger partial charge in [0.2, 0.25) is 5.91 Å². The third-order valence-corrected chi connectivity index (χ3v) is 2.39. The molecule has 0 aliphatic rings. The topological polar surface area (TPSA) is 103 Å². The molecule has 6 nitrogen and oxygen atoms in total. The summed E-state index contributed by atoms with van der Waals surface area (Å²) in [7, 11) is 0. The third kappa shape index (κ3) is 4.27. The highest BCUT2D eigenvalue weighted by atomic mass is 32.1. The Morgan fingerprint density at radius 2 is 2.28 bits per heavy atom. The minimum Gasteiger partial charge on any atom is -0.389 e. The van der Waals surface area contributed by atoms with E-state index in [1.807, 2.05) is 13.0 Å². The standard InChI is InChI=1S/C11H16N4O2S/c1-7-2-3-14-11(9(7)10(13)18)15-4-5-17-6-8(12)16/h2-3H,4-6H2,1H3,(H2,12,16)(H2,13,18)(H,14,15). The molecule has 18 heavy (non-hydrogen) atoms. The van der Waals surface area contributed by atoms with Gasteiger partial charge in [0.15, 0.2) is 0 Å². The molecule has 1 rings (SSSR count). The first kappa shape index (κ1) is 14.3. The van der Waals surface area contributed by atoms with Gasteiger partial charge in [0.05, 0.1) is 12.2 Å². The van der Waals surface area contributed by atoms with E-state index in [0.717, 1.165) is 11.1 Å². The molecule has 0 aromatic carbocycles. The van der Waals surface area contributed by atoms with E-state index in [1.165, 1.54) is 0 Å². The van der Waals surface area contributed by atoms with Crippen molar-refractivity contribution in [3.63, 3.8) is 0 Å². The van der Waals surface area contributed by atoms with Gasteiger partial charge in [-0.3, -0.25) is 4.79 Å².